The summed E-state index contributed by atoms with van der Waals surface area (Å²) >= 11 is 13.5. The molecule has 37 heavy (non-hydrogen) atoms. The van der Waals surface area contributed by atoms with Crippen LogP contribution < -0.4 is 4.74 Å². The lowest BCUT2D eigenvalue weighted by atomic mass is 10.0. The third kappa shape index (κ3) is 6.23. The van der Waals surface area contributed by atoms with Crippen molar-refractivity contribution in [1.82, 2.24) is 9.97 Å². The zero-order chi connectivity index (χ0) is 26.4. The van der Waals surface area contributed by atoms with Gasteiger partial charge in [-0.1, -0.05) is 47.1 Å². The molecule has 0 bridgehead atoms. The third-order valence-electron chi connectivity index (χ3n) is 5.12. The average molecular weight is 553 g/mol. The van der Waals surface area contributed by atoms with Crippen molar-refractivity contribution in [1.29, 1.82) is 5.26 Å². The zero-order valence-corrected chi connectivity index (χ0v) is 21.4. The van der Waals surface area contributed by atoms with Crippen molar-refractivity contribution in [2.75, 3.05) is 13.2 Å². The molecule has 8 nitrogen and oxygen atoms in total. The lowest BCUT2D eigenvalue weighted by molar-refractivity contribution is 0.0536. The van der Waals surface area contributed by atoms with E-state index < -0.39 is 12.7 Å². The maximum Gasteiger partial charge on any atom is 0.232 e. The van der Waals surface area contributed by atoms with Gasteiger partial charge in [0.1, 0.15) is 41.0 Å². The minimum absolute atomic E-state index is 0.0140. The van der Waals surface area contributed by atoms with Gasteiger partial charge in [0.25, 0.3) is 0 Å². The van der Waals surface area contributed by atoms with Crippen LogP contribution in [-0.2, 0) is 5.75 Å². The molecule has 0 radical (unpaired) electrons. The number of thioether (sulfide) groups is 1. The van der Waals surface area contributed by atoms with E-state index in [1.165, 1.54) is 18.0 Å². The van der Waals surface area contributed by atoms with Crippen LogP contribution in [0.2, 0.25) is 10.2 Å². The summed E-state index contributed by atoms with van der Waals surface area (Å²) in [6.45, 7) is 7.12. The highest BCUT2D eigenvalue weighted by Crippen LogP contribution is 2.42. The number of aliphatic hydroxyl groups excluding tert-OH is 2. The normalized spacial score (nSPS) is 11.5. The number of hydrogen-bond acceptors (Lipinski definition) is 8. The summed E-state index contributed by atoms with van der Waals surface area (Å²) in [5.41, 5.74) is 2.64. The van der Waals surface area contributed by atoms with Gasteiger partial charge in [0.2, 0.25) is 11.6 Å². The highest BCUT2D eigenvalue weighted by Gasteiger charge is 2.22. The smallest absolute Gasteiger partial charge is 0.232 e. The predicted octanol–water partition coefficient (Wildman–Crippen LogP) is 6.16. The molecule has 0 saturated heterocycles. The molecule has 0 aliphatic rings. The molecule has 0 unspecified atom stereocenters. The van der Waals surface area contributed by atoms with Crippen LogP contribution in [-0.4, -0.2) is 39.5 Å². The summed E-state index contributed by atoms with van der Waals surface area (Å²) in [5.74, 6) is 1.25. The standard InChI is InChI=1S/C26H18Cl2N4O4S/c1-30-23-22(15-4-8-20(9-5-15)35-13-19(34)11-33)21(10-29)26(32-24(23)28)37-14-18-12-36-25(31-18)16-2-6-17(27)7-3-16/h2-9,12,19,33-34H,11,13-14H2/t19-/m0/s1. The van der Waals surface area contributed by atoms with Gasteiger partial charge in [-0.3, -0.25) is 0 Å². The molecule has 4 aromatic rings. The Morgan fingerprint density at radius 2 is 1.81 bits per heavy atom. The Morgan fingerprint density at radius 3 is 2.46 bits per heavy atom. The van der Waals surface area contributed by atoms with E-state index in [0.717, 1.165) is 5.56 Å². The quantitative estimate of drug-likeness (QED) is 0.144. The summed E-state index contributed by atoms with van der Waals surface area (Å²) in [5, 5.41) is 29.4. The van der Waals surface area contributed by atoms with Crippen LogP contribution in [0, 0.1) is 17.9 Å². The Labute approximate surface area is 226 Å². The molecule has 2 heterocycles. The fraction of sp³-hybridized carbons (Fsp3) is 0.154. The Morgan fingerprint density at radius 1 is 1.11 bits per heavy atom. The van der Waals surface area contributed by atoms with Crippen molar-refractivity contribution in [2.24, 2.45) is 0 Å². The van der Waals surface area contributed by atoms with E-state index in [0.29, 0.717) is 44.3 Å². The number of aromatic nitrogens is 2. The number of nitriles is 1. The monoisotopic (exact) mass is 552 g/mol. The summed E-state index contributed by atoms with van der Waals surface area (Å²) in [4.78, 5) is 12.3. The number of pyridine rings is 1. The van der Waals surface area contributed by atoms with Gasteiger partial charge in [-0.25, -0.2) is 14.8 Å². The molecule has 0 saturated carbocycles. The molecule has 2 aromatic carbocycles. The molecule has 0 spiro atoms. The van der Waals surface area contributed by atoms with Crippen molar-refractivity contribution in [2.45, 2.75) is 16.9 Å². The van der Waals surface area contributed by atoms with Gasteiger partial charge in [0.05, 0.1) is 24.4 Å². The number of rotatable bonds is 9. The number of halogens is 2. The lowest BCUT2D eigenvalue weighted by Gasteiger charge is -2.14. The van der Waals surface area contributed by atoms with Crippen molar-refractivity contribution in [3.05, 3.63) is 87.6 Å². The van der Waals surface area contributed by atoms with Gasteiger partial charge in [0, 0.05) is 21.9 Å². The van der Waals surface area contributed by atoms with E-state index in [1.54, 1.807) is 48.5 Å². The van der Waals surface area contributed by atoms with E-state index in [2.05, 4.69) is 20.9 Å². The van der Waals surface area contributed by atoms with Crippen LogP contribution in [0.5, 0.6) is 5.75 Å². The second-order valence-electron chi connectivity index (χ2n) is 7.64. The lowest BCUT2D eigenvalue weighted by Crippen LogP contribution is -2.21. The van der Waals surface area contributed by atoms with E-state index in [4.69, 9.17) is 44.0 Å². The van der Waals surface area contributed by atoms with Gasteiger partial charge in [-0.2, -0.15) is 5.26 Å². The Balaban J connectivity index is 1.60. The Hall–Kier alpha value is -3.57. The molecule has 0 aliphatic heterocycles. The van der Waals surface area contributed by atoms with Crippen LogP contribution in [0.15, 0.2) is 64.2 Å². The number of nitrogens with zero attached hydrogens (tertiary/aromatic N) is 4. The number of ether oxygens (including phenoxy) is 1. The summed E-state index contributed by atoms with van der Waals surface area (Å²) in [6, 6.07) is 15.9. The topological polar surface area (TPSA) is 117 Å². The number of aliphatic hydroxyl groups is 2. The minimum Gasteiger partial charge on any atom is -0.491 e. The maximum atomic E-state index is 10.0. The van der Waals surface area contributed by atoms with Crippen LogP contribution in [0.25, 0.3) is 27.4 Å². The first-order valence-electron chi connectivity index (χ1n) is 10.8. The average Bonchev–Trinajstić information content (AvgIpc) is 3.39. The summed E-state index contributed by atoms with van der Waals surface area (Å²) in [6.07, 6.45) is 0.537. The molecule has 0 aliphatic carbocycles. The van der Waals surface area contributed by atoms with Gasteiger partial charge >= 0.3 is 0 Å². The molecule has 0 amide bonds. The minimum atomic E-state index is -0.996. The third-order valence-corrected chi connectivity index (χ3v) is 6.64. The largest absolute Gasteiger partial charge is 0.491 e. The molecular formula is C26H18Cl2N4O4S. The van der Waals surface area contributed by atoms with Crippen molar-refractivity contribution >= 4 is 40.7 Å². The fourth-order valence-corrected chi connectivity index (χ4v) is 4.58. The Bertz CT molecular complexity index is 1480. The zero-order valence-electron chi connectivity index (χ0n) is 19.1. The SMILES string of the molecule is [C-]#[N+]c1c(Cl)nc(SCc2coc(-c3ccc(Cl)cc3)n2)c(C#N)c1-c1ccc(OC[C@@H](O)CO)cc1. The van der Waals surface area contributed by atoms with Crippen LogP contribution in [0.4, 0.5) is 5.69 Å². The second kappa shape index (κ2) is 12.1. The molecule has 2 aromatic heterocycles. The first kappa shape index (κ1) is 26.5. The predicted molar refractivity (Wildman–Crippen MR) is 141 cm³/mol. The van der Waals surface area contributed by atoms with E-state index in [-0.39, 0.29) is 23.0 Å². The molecule has 0 fully saturated rings. The van der Waals surface area contributed by atoms with Gasteiger partial charge < -0.3 is 19.4 Å². The highest BCUT2D eigenvalue weighted by molar-refractivity contribution is 7.98. The molecular weight excluding hydrogens is 535 g/mol. The maximum absolute atomic E-state index is 10.0. The number of benzene rings is 2. The van der Waals surface area contributed by atoms with E-state index in [9.17, 15) is 10.4 Å². The van der Waals surface area contributed by atoms with E-state index in [1.807, 2.05) is 0 Å². The van der Waals surface area contributed by atoms with Gasteiger partial charge in [-0.15, -0.1) is 0 Å². The Kier molecular flexibility index (Phi) is 8.67. The van der Waals surface area contributed by atoms with Crippen molar-refractivity contribution in [3.63, 3.8) is 0 Å². The molecule has 11 heteroatoms. The fourth-order valence-electron chi connectivity index (χ4n) is 3.32. The first-order valence-corrected chi connectivity index (χ1v) is 12.5. The number of hydrogen-bond donors (Lipinski definition) is 2. The summed E-state index contributed by atoms with van der Waals surface area (Å²) in [7, 11) is 0. The van der Waals surface area contributed by atoms with Crippen molar-refractivity contribution in [3.8, 4) is 34.4 Å². The van der Waals surface area contributed by atoms with Gasteiger partial charge in [-0.05, 0) is 42.0 Å². The molecule has 4 rings (SSSR count). The van der Waals surface area contributed by atoms with Gasteiger partial charge in [0.15, 0.2) is 0 Å². The van der Waals surface area contributed by atoms with Crippen LogP contribution in [0.1, 0.15) is 11.3 Å². The number of oxazole rings is 1. The highest BCUT2D eigenvalue weighted by atomic mass is 35.5. The van der Waals surface area contributed by atoms with E-state index >= 15 is 0 Å². The van der Waals surface area contributed by atoms with Crippen molar-refractivity contribution < 1.29 is 19.4 Å². The summed E-state index contributed by atoms with van der Waals surface area (Å²) < 4.78 is 11.0. The van der Waals surface area contributed by atoms with Crippen LogP contribution >= 0.6 is 35.0 Å². The van der Waals surface area contributed by atoms with Crippen LogP contribution in [0.3, 0.4) is 0 Å². The molecule has 186 valence electrons. The molecule has 2 N–H and O–H groups in total. The molecule has 1 atom stereocenters. The second-order valence-corrected chi connectivity index (χ2v) is 9.40. The first-order chi connectivity index (χ1) is 17.9.